The summed E-state index contributed by atoms with van der Waals surface area (Å²) in [6.45, 7) is 1.12. The summed E-state index contributed by atoms with van der Waals surface area (Å²) < 4.78 is 67.3. The molecule has 0 aliphatic carbocycles. The first kappa shape index (κ1) is 24.8. The van der Waals surface area contributed by atoms with Gasteiger partial charge in [0.25, 0.3) is 18.1 Å². The lowest BCUT2D eigenvalue weighted by Gasteiger charge is -2.08. The Morgan fingerprint density at radius 1 is 1.09 bits per heavy atom. The number of hydrogen-bond donors (Lipinski definition) is 1. The van der Waals surface area contributed by atoms with Crippen molar-refractivity contribution in [3.8, 4) is 17.6 Å². The van der Waals surface area contributed by atoms with E-state index < -0.39 is 30.2 Å². The number of ether oxygens (including phenoxy) is 1. The molecule has 0 saturated heterocycles. The Labute approximate surface area is 206 Å². The van der Waals surface area contributed by atoms with Gasteiger partial charge in [-0.3, -0.25) is 4.57 Å². The van der Waals surface area contributed by atoms with E-state index in [0.717, 1.165) is 22.1 Å². The summed E-state index contributed by atoms with van der Waals surface area (Å²) in [6.07, 6.45) is 3.42. The predicted octanol–water partition coefficient (Wildman–Crippen LogP) is 4.07. The number of pyridine rings is 1. The number of rotatable bonds is 10. The minimum atomic E-state index is -3.94. The van der Waals surface area contributed by atoms with E-state index >= 15 is 0 Å². The van der Waals surface area contributed by atoms with Gasteiger partial charge in [0.2, 0.25) is 0 Å². The predicted molar refractivity (Wildman–Crippen MR) is 130 cm³/mol. The molecular weight excluding hydrogens is 512 g/mol. The molecule has 8 nitrogen and oxygen atoms in total. The van der Waals surface area contributed by atoms with E-state index in [-0.39, 0.29) is 15.5 Å². The molecule has 0 spiro atoms. The molecule has 2 aromatic heterocycles. The second kappa shape index (κ2) is 11.0. The minimum Gasteiger partial charge on any atom is -0.487 e. The largest absolute Gasteiger partial charge is 0.487 e. The van der Waals surface area contributed by atoms with Crippen LogP contribution in [0.2, 0.25) is 0 Å². The third-order valence-corrected chi connectivity index (χ3v) is 9.00. The monoisotopic (exact) mass is 532 g/mol. The van der Waals surface area contributed by atoms with Crippen LogP contribution in [0.3, 0.4) is 0 Å². The summed E-state index contributed by atoms with van der Waals surface area (Å²) in [6, 6.07) is 17.8. The van der Waals surface area contributed by atoms with Crippen LogP contribution in [0.4, 0.5) is 4.39 Å². The second-order valence-corrected chi connectivity index (χ2v) is 11.7. The van der Waals surface area contributed by atoms with Crippen LogP contribution >= 0.6 is 19.4 Å². The third kappa shape index (κ3) is 6.44. The van der Waals surface area contributed by atoms with E-state index in [1.807, 2.05) is 35.2 Å². The highest BCUT2D eigenvalue weighted by atomic mass is 32.2. The summed E-state index contributed by atoms with van der Waals surface area (Å²) in [4.78, 5) is 0. The van der Waals surface area contributed by atoms with Crippen molar-refractivity contribution in [3.63, 3.8) is 0 Å². The van der Waals surface area contributed by atoms with Crippen LogP contribution in [0, 0.1) is 17.1 Å². The fraction of sp³-hybridized carbons (Fsp3) is 0.130. The lowest BCUT2D eigenvalue weighted by Crippen LogP contribution is -2.35. The maximum Gasteiger partial charge on any atom is 0.251 e. The first-order chi connectivity index (χ1) is 16.8. The minimum absolute atomic E-state index is 0.0513. The van der Waals surface area contributed by atoms with Gasteiger partial charge in [0, 0.05) is 22.9 Å². The van der Waals surface area contributed by atoms with Gasteiger partial charge >= 0.3 is 0 Å². The molecule has 180 valence electrons. The number of nitrogens with zero attached hydrogens (tertiary/aromatic N) is 2. The normalized spacial score (nSPS) is 12.2. The first-order valence-corrected chi connectivity index (χ1v) is 14.2. The van der Waals surface area contributed by atoms with Gasteiger partial charge in [0.15, 0.2) is 18.9 Å². The number of aromatic nitrogens is 1. The van der Waals surface area contributed by atoms with Crippen molar-refractivity contribution in [2.45, 2.75) is 10.8 Å². The number of halogens is 1. The molecule has 2 aromatic carbocycles. The Hall–Kier alpha value is -3.29. The molecule has 0 amide bonds. The number of benzene rings is 2. The molecule has 35 heavy (non-hydrogen) atoms. The summed E-state index contributed by atoms with van der Waals surface area (Å²) in [5, 5.41) is 9.46. The average molecular weight is 533 g/mol. The van der Waals surface area contributed by atoms with Crippen LogP contribution in [0.25, 0.3) is 10.1 Å². The highest BCUT2D eigenvalue weighted by molar-refractivity contribution is 7.92. The molecule has 12 heteroatoms. The van der Waals surface area contributed by atoms with Gasteiger partial charge < -0.3 is 9.26 Å². The van der Waals surface area contributed by atoms with E-state index in [2.05, 4.69) is 4.72 Å². The molecule has 0 aliphatic rings. The van der Waals surface area contributed by atoms with Crippen LogP contribution in [0.5, 0.6) is 11.5 Å². The van der Waals surface area contributed by atoms with Crippen LogP contribution in [0.15, 0.2) is 77.3 Å². The van der Waals surface area contributed by atoms with Gasteiger partial charge in [-0.05, 0) is 41.8 Å². The van der Waals surface area contributed by atoms with Crippen molar-refractivity contribution < 1.29 is 31.2 Å². The van der Waals surface area contributed by atoms with Gasteiger partial charge in [0.05, 0.1) is 11.8 Å². The summed E-state index contributed by atoms with van der Waals surface area (Å²) in [5.74, 6) is -0.241. The topological polar surface area (TPSA) is 109 Å². The standard InChI is InChI=1S/C23H20FN3O5PS2/c24-21-14-20(5-4-17(21)15-25)32-33(28)16-26-35(29,30)23-13-18-12-19(6-7-22(18)34-23)31-11-10-27-8-2-1-3-9-27/h1-9,12-14,26,33H,10-11,16H2/q+1. The highest BCUT2D eigenvalue weighted by Crippen LogP contribution is 2.33. The molecule has 2 heterocycles. The highest BCUT2D eigenvalue weighted by Gasteiger charge is 2.19. The fourth-order valence-corrected chi connectivity index (χ4v) is 6.89. The van der Waals surface area contributed by atoms with Crippen LogP contribution in [-0.2, 0) is 21.1 Å². The molecule has 0 radical (unpaired) electrons. The van der Waals surface area contributed by atoms with Crippen molar-refractivity contribution in [2.75, 3.05) is 12.9 Å². The smallest absolute Gasteiger partial charge is 0.251 e. The number of fused-ring (bicyclic) bond motifs is 1. The Morgan fingerprint density at radius 3 is 2.60 bits per heavy atom. The fourth-order valence-electron chi connectivity index (χ4n) is 3.11. The SMILES string of the molecule is N#Cc1ccc(O[PH](=O)CNS(=O)(=O)c2cc3cc(OCC[n+]4ccccc4)ccc3s2)cc1F. The molecule has 1 unspecified atom stereocenters. The quantitative estimate of drug-likeness (QED) is 0.244. The summed E-state index contributed by atoms with van der Waals surface area (Å²) in [7, 11) is -6.84. The summed E-state index contributed by atoms with van der Waals surface area (Å²) in [5.41, 5.74) is -0.175. The Morgan fingerprint density at radius 2 is 1.86 bits per heavy atom. The van der Waals surface area contributed by atoms with Gasteiger partial charge in [-0.2, -0.15) is 9.98 Å². The lowest BCUT2D eigenvalue weighted by molar-refractivity contribution is -0.697. The molecule has 1 N–H and O–H groups in total. The molecule has 0 fully saturated rings. The molecule has 0 aliphatic heterocycles. The molecule has 4 rings (SSSR count). The molecular formula is C23H20FN3O5PS2+. The van der Waals surface area contributed by atoms with Gasteiger partial charge in [-0.1, -0.05) is 6.07 Å². The molecule has 4 aromatic rings. The number of hydrogen-bond acceptors (Lipinski definition) is 7. The zero-order valence-electron chi connectivity index (χ0n) is 18.2. The zero-order valence-corrected chi connectivity index (χ0v) is 20.8. The van der Waals surface area contributed by atoms with E-state index in [1.165, 1.54) is 18.2 Å². The Balaban J connectivity index is 1.36. The average Bonchev–Trinajstić information content (AvgIpc) is 3.28. The second-order valence-electron chi connectivity index (χ2n) is 7.28. The maximum absolute atomic E-state index is 13.7. The number of sulfonamides is 1. The number of nitrogens with one attached hydrogen (secondary N) is 1. The zero-order chi connectivity index (χ0) is 24.8. The maximum atomic E-state index is 13.7. The van der Waals surface area contributed by atoms with Crippen molar-refractivity contribution >= 4 is 39.5 Å². The van der Waals surface area contributed by atoms with Crippen molar-refractivity contribution in [3.05, 3.63) is 84.4 Å². The lowest BCUT2D eigenvalue weighted by atomic mass is 10.2. The van der Waals surface area contributed by atoms with E-state index in [1.54, 1.807) is 24.3 Å². The molecule has 1 atom stereocenters. The Bertz CT molecular complexity index is 1520. The van der Waals surface area contributed by atoms with Gasteiger partial charge in [-0.15, -0.1) is 11.3 Å². The molecule has 0 bridgehead atoms. The van der Waals surface area contributed by atoms with Gasteiger partial charge in [-0.25, -0.2) is 17.4 Å². The van der Waals surface area contributed by atoms with E-state index in [4.69, 9.17) is 14.5 Å². The van der Waals surface area contributed by atoms with Crippen molar-refractivity contribution in [1.82, 2.24) is 4.72 Å². The van der Waals surface area contributed by atoms with Crippen LogP contribution in [-0.4, -0.2) is 21.3 Å². The first-order valence-electron chi connectivity index (χ1n) is 10.3. The van der Waals surface area contributed by atoms with Crippen molar-refractivity contribution in [1.29, 1.82) is 5.26 Å². The Kier molecular flexibility index (Phi) is 7.78. The van der Waals surface area contributed by atoms with E-state index in [0.29, 0.717) is 24.3 Å². The summed E-state index contributed by atoms with van der Waals surface area (Å²) >= 11 is 1.07. The number of nitriles is 1. The third-order valence-electron chi connectivity index (χ3n) is 4.82. The van der Waals surface area contributed by atoms with Gasteiger partial charge in [0.1, 0.15) is 34.2 Å². The van der Waals surface area contributed by atoms with E-state index in [9.17, 15) is 17.4 Å². The molecule has 0 saturated carbocycles. The van der Waals surface area contributed by atoms with Crippen LogP contribution < -0.4 is 18.5 Å². The van der Waals surface area contributed by atoms with Crippen LogP contribution in [0.1, 0.15) is 5.56 Å². The number of thiophene rings is 1. The van der Waals surface area contributed by atoms with Crippen molar-refractivity contribution in [2.24, 2.45) is 0 Å².